The van der Waals surface area contributed by atoms with Crippen molar-refractivity contribution in [2.45, 2.75) is 25.5 Å². The van der Waals surface area contributed by atoms with Crippen LogP contribution in [0.4, 0.5) is 8.78 Å². The van der Waals surface area contributed by atoms with E-state index >= 15 is 0 Å². The zero-order chi connectivity index (χ0) is 13.7. The van der Waals surface area contributed by atoms with Crippen molar-refractivity contribution in [3.8, 4) is 0 Å². The first-order valence-electron chi connectivity index (χ1n) is 5.55. The van der Waals surface area contributed by atoms with Gasteiger partial charge in [-0.25, -0.2) is 8.78 Å². The number of benzene rings is 1. The van der Waals surface area contributed by atoms with Gasteiger partial charge in [-0.15, -0.1) is 0 Å². The number of amides is 1. The molecule has 0 aliphatic heterocycles. The van der Waals surface area contributed by atoms with E-state index in [0.29, 0.717) is 0 Å². The van der Waals surface area contributed by atoms with Crippen LogP contribution in [0.2, 0.25) is 0 Å². The highest BCUT2D eigenvalue weighted by molar-refractivity contribution is 5.78. The maximum Gasteiger partial charge on any atom is 0.224 e. The Morgan fingerprint density at radius 1 is 1.44 bits per heavy atom. The molecular formula is C12H16F2N2O2. The van der Waals surface area contributed by atoms with Crippen molar-refractivity contribution in [3.05, 3.63) is 35.4 Å². The lowest BCUT2D eigenvalue weighted by atomic mass is 10.1. The molecule has 1 aromatic carbocycles. The highest BCUT2D eigenvalue weighted by Crippen LogP contribution is 2.12. The second-order valence-corrected chi connectivity index (χ2v) is 4.09. The minimum atomic E-state index is -0.768. The predicted octanol–water partition coefficient (Wildman–Crippen LogP) is 0.332. The van der Waals surface area contributed by atoms with Gasteiger partial charge in [-0.05, 0) is 19.1 Å². The van der Waals surface area contributed by atoms with Gasteiger partial charge in [0.1, 0.15) is 11.6 Å². The third-order valence-electron chi connectivity index (χ3n) is 2.55. The molecule has 1 aromatic rings. The fourth-order valence-electron chi connectivity index (χ4n) is 1.33. The summed E-state index contributed by atoms with van der Waals surface area (Å²) in [6.07, 6.45) is -1.17. The number of hydrogen-bond acceptors (Lipinski definition) is 3. The Bertz CT molecular complexity index is 404. The zero-order valence-corrected chi connectivity index (χ0v) is 9.99. The second-order valence-electron chi connectivity index (χ2n) is 4.09. The van der Waals surface area contributed by atoms with E-state index in [1.54, 1.807) is 0 Å². The molecule has 4 nitrogen and oxygen atoms in total. The molecule has 100 valence electrons. The largest absolute Gasteiger partial charge is 0.392 e. The van der Waals surface area contributed by atoms with Crippen molar-refractivity contribution < 1.29 is 18.7 Å². The number of halogens is 2. The van der Waals surface area contributed by atoms with Crippen LogP contribution in [0.3, 0.4) is 0 Å². The molecule has 0 aliphatic rings. The normalized spacial score (nSPS) is 14.1. The van der Waals surface area contributed by atoms with Crippen LogP contribution in [-0.4, -0.2) is 29.7 Å². The van der Waals surface area contributed by atoms with Crippen LogP contribution >= 0.6 is 0 Å². The molecule has 4 N–H and O–H groups in total. The minimum absolute atomic E-state index is 0.0482. The van der Waals surface area contributed by atoms with Crippen molar-refractivity contribution in [3.63, 3.8) is 0 Å². The number of carbonyl (C=O) groups is 1. The van der Waals surface area contributed by atoms with E-state index in [-0.39, 0.29) is 12.1 Å². The summed E-state index contributed by atoms with van der Waals surface area (Å²) in [6, 6.07) is 2.80. The van der Waals surface area contributed by atoms with Crippen molar-refractivity contribution in [2.24, 2.45) is 5.73 Å². The minimum Gasteiger partial charge on any atom is -0.392 e. The Morgan fingerprint density at radius 2 is 2.00 bits per heavy atom. The Morgan fingerprint density at radius 3 is 2.50 bits per heavy atom. The van der Waals surface area contributed by atoms with Gasteiger partial charge in [-0.3, -0.25) is 4.79 Å². The lowest BCUT2D eigenvalue weighted by Crippen LogP contribution is -2.44. The van der Waals surface area contributed by atoms with Gasteiger partial charge in [0.25, 0.3) is 0 Å². The van der Waals surface area contributed by atoms with Gasteiger partial charge in [-0.1, -0.05) is 6.07 Å². The second kappa shape index (κ2) is 6.42. The quantitative estimate of drug-likeness (QED) is 0.712. The average Bonchev–Trinajstić information content (AvgIpc) is 2.30. The molecule has 2 atom stereocenters. The van der Waals surface area contributed by atoms with Crippen LogP contribution in [0.25, 0.3) is 0 Å². The number of nitrogens with two attached hydrogens (primary N) is 1. The van der Waals surface area contributed by atoms with E-state index in [1.807, 2.05) is 0 Å². The highest BCUT2D eigenvalue weighted by atomic mass is 19.1. The lowest BCUT2D eigenvalue weighted by Gasteiger charge is -2.15. The molecule has 0 radical (unpaired) electrons. The van der Waals surface area contributed by atoms with Gasteiger partial charge < -0.3 is 16.2 Å². The summed E-state index contributed by atoms with van der Waals surface area (Å²) in [6.45, 7) is 1.54. The van der Waals surface area contributed by atoms with E-state index in [9.17, 15) is 13.6 Å². The van der Waals surface area contributed by atoms with Crippen LogP contribution in [0.5, 0.6) is 0 Å². The molecule has 1 rings (SSSR count). The maximum atomic E-state index is 13.3. The van der Waals surface area contributed by atoms with Crippen LogP contribution < -0.4 is 11.1 Å². The van der Waals surface area contributed by atoms with Crippen LogP contribution in [0.1, 0.15) is 12.5 Å². The Labute approximate surface area is 104 Å². The molecule has 0 spiro atoms. The van der Waals surface area contributed by atoms with Crippen LogP contribution in [-0.2, 0) is 11.2 Å². The molecule has 0 aliphatic carbocycles. The van der Waals surface area contributed by atoms with E-state index in [1.165, 1.54) is 13.0 Å². The van der Waals surface area contributed by atoms with Gasteiger partial charge in [0.15, 0.2) is 0 Å². The molecule has 18 heavy (non-hydrogen) atoms. The Kier molecular flexibility index (Phi) is 5.18. The molecule has 0 bridgehead atoms. The molecule has 0 aromatic heterocycles. The molecule has 1 amide bonds. The summed E-state index contributed by atoms with van der Waals surface area (Å²) < 4.78 is 26.5. The van der Waals surface area contributed by atoms with Crippen molar-refractivity contribution in [2.75, 3.05) is 6.54 Å². The predicted molar refractivity (Wildman–Crippen MR) is 62.7 cm³/mol. The van der Waals surface area contributed by atoms with Gasteiger partial charge >= 0.3 is 0 Å². The van der Waals surface area contributed by atoms with E-state index in [4.69, 9.17) is 10.8 Å². The Hall–Kier alpha value is -1.53. The maximum absolute atomic E-state index is 13.3. The molecule has 2 unspecified atom stereocenters. The third kappa shape index (κ3) is 4.05. The molecule has 0 heterocycles. The Balaban J connectivity index is 2.55. The first-order valence-corrected chi connectivity index (χ1v) is 5.55. The van der Waals surface area contributed by atoms with Gasteiger partial charge in [0.2, 0.25) is 5.91 Å². The monoisotopic (exact) mass is 258 g/mol. The summed E-state index contributed by atoms with van der Waals surface area (Å²) in [5, 5.41) is 11.5. The first kappa shape index (κ1) is 14.5. The number of aliphatic hydroxyl groups is 1. The van der Waals surface area contributed by atoms with Crippen LogP contribution in [0, 0.1) is 11.6 Å². The summed E-state index contributed by atoms with van der Waals surface area (Å²) in [5.74, 6) is -2.06. The molecule has 0 saturated heterocycles. The summed E-state index contributed by atoms with van der Waals surface area (Å²) in [7, 11) is 0. The van der Waals surface area contributed by atoms with Gasteiger partial charge in [0, 0.05) is 18.2 Å². The molecule has 0 saturated carbocycles. The number of carbonyl (C=O) groups excluding carboxylic acids is 1. The fourth-order valence-corrected chi connectivity index (χ4v) is 1.33. The van der Waals surface area contributed by atoms with Crippen molar-refractivity contribution in [1.29, 1.82) is 0 Å². The molecular weight excluding hydrogens is 242 g/mol. The van der Waals surface area contributed by atoms with Gasteiger partial charge in [-0.2, -0.15) is 0 Å². The smallest absolute Gasteiger partial charge is 0.224 e. The summed E-state index contributed by atoms with van der Waals surface area (Å²) in [4.78, 5) is 11.5. The average molecular weight is 258 g/mol. The van der Waals surface area contributed by atoms with Gasteiger partial charge in [0.05, 0.1) is 12.5 Å². The van der Waals surface area contributed by atoms with Crippen molar-refractivity contribution >= 4 is 5.91 Å². The first-order chi connectivity index (χ1) is 8.41. The number of aliphatic hydroxyl groups excluding tert-OH is 1. The summed E-state index contributed by atoms with van der Waals surface area (Å²) >= 11 is 0. The number of nitrogens with one attached hydrogen (secondary N) is 1. The van der Waals surface area contributed by atoms with Crippen molar-refractivity contribution in [1.82, 2.24) is 5.32 Å². The number of rotatable bonds is 5. The topological polar surface area (TPSA) is 75.3 Å². The number of hydrogen-bond donors (Lipinski definition) is 3. The third-order valence-corrected chi connectivity index (χ3v) is 2.55. The standard InChI is InChI=1S/C12H16F2N2O2/c1-7(17)11(15)6-16-12(18)5-8-9(13)3-2-4-10(8)14/h2-4,7,11,17H,5-6,15H2,1H3,(H,16,18). The zero-order valence-electron chi connectivity index (χ0n) is 9.99. The highest BCUT2D eigenvalue weighted by Gasteiger charge is 2.15. The van der Waals surface area contributed by atoms with E-state index in [2.05, 4.69) is 5.32 Å². The molecule has 6 heteroatoms. The van der Waals surface area contributed by atoms with E-state index in [0.717, 1.165) is 12.1 Å². The molecule has 0 fully saturated rings. The SMILES string of the molecule is CC(O)C(N)CNC(=O)Cc1c(F)cccc1F. The van der Waals surface area contributed by atoms with Crippen LogP contribution in [0.15, 0.2) is 18.2 Å². The fraction of sp³-hybridized carbons (Fsp3) is 0.417. The van der Waals surface area contributed by atoms with E-state index < -0.39 is 36.1 Å². The lowest BCUT2D eigenvalue weighted by molar-refractivity contribution is -0.120. The summed E-state index contributed by atoms with van der Waals surface area (Å²) in [5.41, 5.74) is 5.23.